The molecular formula is C16H18FN3O. The lowest BCUT2D eigenvalue weighted by atomic mass is 10.1. The van der Waals surface area contributed by atoms with Crippen molar-refractivity contribution in [3.63, 3.8) is 0 Å². The van der Waals surface area contributed by atoms with Crippen molar-refractivity contribution < 1.29 is 9.13 Å². The van der Waals surface area contributed by atoms with Crippen molar-refractivity contribution in [1.82, 2.24) is 10.2 Å². The Morgan fingerprint density at radius 2 is 2.00 bits per heavy atom. The summed E-state index contributed by atoms with van der Waals surface area (Å²) in [5.74, 6) is 0.624. The van der Waals surface area contributed by atoms with E-state index in [9.17, 15) is 4.39 Å². The number of ether oxygens (including phenoxy) is 1. The fourth-order valence-electron chi connectivity index (χ4n) is 2.55. The lowest BCUT2D eigenvalue weighted by Crippen LogP contribution is -2.45. The van der Waals surface area contributed by atoms with Gasteiger partial charge in [-0.25, -0.2) is 4.39 Å². The van der Waals surface area contributed by atoms with Gasteiger partial charge in [-0.2, -0.15) is 0 Å². The maximum absolute atomic E-state index is 12.9. The number of aromatic nitrogens is 2. The molecule has 1 aromatic heterocycles. The predicted octanol–water partition coefficient (Wildman–Crippen LogP) is 2.90. The van der Waals surface area contributed by atoms with E-state index in [1.54, 1.807) is 12.1 Å². The minimum absolute atomic E-state index is 0.248. The van der Waals surface area contributed by atoms with Crippen LogP contribution in [0.5, 0.6) is 0 Å². The third-order valence-corrected chi connectivity index (χ3v) is 3.78. The third-order valence-electron chi connectivity index (χ3n) is 3.78. The van der Waals surface area contributed by atoms with Gasteiger partial charge < -0.3 is 9.64 Å². The molecule has 0 radical (unpaired) electrons. The van der Waals surface area contributed by atoms with Gasteiger partial charge in [0.1, 0.15) is 5.82 Å². The standard InChI is InChI=1S/C16H18FN3O/c1-2-14-11-21-10-9-20(14)16-8-7-15(18-19-16)12-3-5-13(17)6-4-12/h3-8,14H,2,9-11H2,1H3. The van der Waals surface area contributed by atoms with E-state index in [1.807, 2.05) is 12.1 Å². The van der Waals surface area contributed by atoms with Crippen LogP contribution in [0.25, 0.3) is 11.3 Å². The van der Waals surface area contributed by atoms with E-state index in [2.05, 4.69) is 22.0 Å². The summed E-state index contributed by atoms with van der Waals surface area (Å²) in [6.45, 7) is 4.44. The van der Waals surface area contributed by atoms with Crippen molar-refractivity contribution in [1.29, 1.82) is 0 Å². The quantitative estimate of drug-likeness (QED) is 0.870. The van der Waals surface area contributed by atoms with Gasteiger partial charge in [0.05, 0.1) is 24.9 Å². The topological polar surface area (TPSA) is 38.2 Å². The Morgan fingerprint density at radius 3 is 2.67 bits per heavy atom. The van der Waals surface area contributed by atoms with Gasteiger partial charge in [0.25, 0.3) is 0 Å². The number of halogens is 1. The molecule has 21 heavy (non-hydrogen) atoms. The Bertz CT molecular complexity index is 585. The highest BCUT2D eigenvalue weighted by atomic mass is 19.1. The molecule has 1 aliphatic heterocycles. The largest absolute Gasteiger partial charge is 0.377 e. The fraction of sp³-hybridized carbons (Fsp3) is 0.375. The zero-order chi connectivity index (χ0) is 14.7. The number of hydrogen-bond acceptors (Lipinski definition) is 4. The minimum Gasteiger partial charge on any atom is -0.377 e. The summed E-state index contributed by atoms with van der Waals surface area (Å²) >= 11 is 0. The Labute approximate surface area is 123 Å². The van der Waals surface area contributed by atoms with Gasteiger partial charge in [-0.15, -0.1) is 10.2 Å². The molecule has 2 heterocycles. The maximum atomic E-state index is 12.9. The number of hydrogen-bond donors (Lipinski definition) is 0. The van der Waals surface area contributed by atoms with Crippen molar-refractivity contribution in [3.8, 4) is 11.3 Å². The average molecular weight is 287 g/mol. The van der Waals surface area contributed by atoms with E-state index in [0.717, 1.165) is 43.3 Å². The van der Waals surface area contributed by atoms with Gasteiger partial charge in [0, 0.05) is 12.1 Å². The number of anilines is 1. The van der Waals surface area contributed by atoms with Crippen molar-refractivity contribution in [3.05, 3.63) is 42.2 Å². The monoisotopic (exact) mass is 287 g/mol. The van der Waals surface area contributed by atoms with E-state index in [4.69, 9.17) is 4.74 Å². The van der Waals surface area contributed by atoms with Crippen molar-refractivity contribution in [2.24, 2.45) is 0 Å². The number of benzene rings is 1. The first kappa shape index (κ1) is 13.9. The summed E-state index contributed by atoms with van der Waals surface area (Å²) in [6.07, 6.45) is 1.02. The molecule has 1 aliphatic rings. The normalized spacial score (nSPS) is 18.8. The SMILES string of the molecule is CCC1COCCN1c1ccc(-c2ccc(F)cc2)nn1. The molecule has 0 bridgehead atoms. The van der Waals surface area contributed by atoms with E-state index < -0.39 is 0 Å². The molecule has 0 saturated carbocycles. The van der Waals surface area contributed by atoms with Crippen LogP contribution < -0.4 is 4.90 Å². The van der Waals surface area contributed by atoms with Gasteiger partial charge in [-0.05, 0) is 42.8 Å². The summed E-state index contributed by atoms with van der Waals surface area (Å²) < 4.78 is 18.4. The Balaban J connectivity index is 1.81. The second-order valence-corrected chi connectivity index (χ2v) is 5.11. The van der Waals surface area contributed by atoms with E-state index >= 15 is 0 Å². The molecule has 2 aromatic rings. The predicted molar refractivity (Wildman–Crippen MR) is 79.7 cm³/mol. The van der Waals surface area contributed by atoms with Crippen LogP contribution in [0.1, 0.15) is 13.3 Å². The Hall–Kier alpha value is -2.01. The molecule has 0 aliphatic carbocycles. The Morgan fingerprint density at radius 1 is 1.19 bits per heavy atom. The van der Waals surface area contributed by atoms with Gasteiger partial charge in [-0.3, -0.25) is 0 Å². The van der Waals surface area contributed by atoms with Crippen LogP contribution in [-0.2, 0) is 4.74 Å². The second kappa shape index (κ2) is 6.18. The maximum Gasteiger partial charge on any atom is 0.151 e. The molecule has 0 amide bonds. The highest BCUT2D eigenvalue weighted by Gasteiger charge is 2.22. The van der Waals surface area contributed by atoms with Gasteiger partial charge >= 0.3 is 0 Å². The van der Waals surface area contributed by atoms with E-state index in [-0.39, 0.29) is 5.82 Å². The highest BCUT2D eigenvalue weighted by molar-refractivity contribution is 5.59. The summed E-state index contributed by atoms with van der Waals surface area (Å²) in [7, 11) is 0. The summed E-state index contributed by atoms with van der Waals surface area (Å²) in [4.78, 5) is 2.24. The van der Waals surface area contributed by atoms with Crippen LogP contribution in [0.2, 0.25) is 0 Å². The van der Waals surface area contributed by atoms with Crippen molar-refractivity contribution >= 4 is 5.82 Å². The van der Waals surface area contributed by atoms with Gasteiger partial charge in [-0.1, -0.05) is 6.92 Å². The fourth-order valence-corrected chi connectivity index (χ4v) is 2.55. The molecule has 0 spiro atoms. The van der Waals surface area contributed by atoms with E-state index in [0.29, 0.717) is 6.04 Å². The molecule has 5 heteroatoms. The molecule has 3 rings (SSSR count). The smallest absolute Gasteiger partial charge is 0.151 e. The molecule has 110 valence electrons. The minimum atomic E-state index is -0.248. The second-order valence-electron chi connectivity index (χ2n) is 5.11. The molecule has 4 nitrogen and oxygen atoms in total. The summed E-state index contributed by atoms with van der Waals surface area (Å²) in [5, 5.41) is 8.59. The number of rotatable bonds is 3. The lowest BCUT2D eigenvalue weighted by molar-refractivity contribution is 0.0925. The van der Waals surface area contributed by atoms with Gasteiger partial charge in [0.2, 0.25) is 0 Å². The molecule has 1 aromatic carbocycles. The molecule has 1 saturated heterocycles. The lowest BCUT2D eigenvalue weighted by Gasteiger charge is -2.35. The molecule has 1 atom stereocenters. The molecule has 0 N–H and O–H groups in total. The van der Waals surface area contributed by atoms with Crippen LogP contribution >= 0.6 is 0 Å². The van der Waals surface area contributed by atoms with Crippen molar-refractivity contribution in [2.45, 2.75) is 19.4 Å². The first-order chi connectivity index (χ1) is 10.3. The zero-order valence-corrected chi connectivity index (χ0v) is 12.0. The number of morpholine rings is 1. The summed E-state index contributed by atoms with van der Waals surface area (Å²) in [6, 6.07) is 10.5. The average Bonchev–Trinajstić information content (AvgIpc) is 2.56. The summed E-state index contributed by atoms with van der Waals surface area (Å²) in [5.41, 5.74) is 1.62. The van der Waals surface area contributed by atoms with Crippen LogP contribution in [0.4, 0.5) is 10.2 Å². The van der Waals surface area contributed by atoms with Crippen molar-refractivity contribution in [2.75, 3.05) is 24.7 Å². The first-order valence-electron chi connectivity index (χ1n) is 7.22. The zero-order valence-electron chi connectivity index (χ0n) is 12.0. The molecule has 1 fully saturated rings. The van der Waals surface area contributed by atoms with Gasteiger partial charge in [0.15, 0.2) is 5.82 Å². The van der Waals surface area contributed by atoms with Crippen LogP contribution in [0, 0.1) is 5.82 Å². The number of nitrogens with zero attached hydrogens (tertiary/aromatic N) is 3. The van der Waals surface area contributed by atoms with Crippen LogP contribution in [0.15, 0.2) is 36.4 Å². The van der Waals surface area contributed by atoms with Crippen LogP contribution in [0.3, 0.4) is 0 Å². The first-order valence-corrected chi connectivity index (χ1v) is 7.22. The molecular weight excluding hydrogens is 269 g/mol. The Kier molecular flexibility index (Phi) is 4.10. The molecule has 1 unspecified atom stereocenters. The van der Waals surface area contributed by atoms with E-state index in [1.165, 1.54) is 12.1 Å². The third kappa shape index (κ3) is 3.03. The van der Waals surface area contributed by atoms with Crippen LogP contribution in [-0.4, -0.2) is 36.0 Å². The highest BCUT2D eigenvalue weighted by Crippen LogP contribution is 2.22.